The molecule has 1 aromatic carbocycles. The number of nitrogens with two attached hydrogens (primary N) is 1. The first-order valence-corrected chi connectivity index (χ1v) is 4.01. The summed E-state index contributed by atoms with van der Waals surface area (Å²) in [6.07, 6.45) is 0.751. The molecule has 0 aliphatic rings. The molecule has 3 N–H and O–H groups in total. The van der Waals surface area contributed by atoms with Gasteiger partial charge in [0, 0.05) is 5.56 Å². The summed E-state index contributed by atoms with van der Waals surface area (Å²) in [7, 11) is 0. The summed E-state index contributed by atoms with van der Waals surface area (Å²) in [4.78, 5) is 19.4. The Bertz CT molecular complexity index is 365. The molecule has 0 atom stereocenters. The smallest absolute Gasteiger partial charge is 0.317 e. The third-order valence-corrected chi connectivity index (χ3v) is 1.35. The fourth-order valence-electron chi connectivity index (χ4n) is 0.636. The highest BCUT2D eigenvalue weighted by atomic mass is 16.4. The first kappa shape index (κ1) is 12.8. The van der Waals surface area contributed by atoms with Gasteiger partial charge in [-0.3, -0.25) is 9.59 Å². The fourth-order valence-corrected chi connectivity index (χ4v) is 0.636. The maximum Gasteiger partial charge on any atom is 0.317 e. The lowest BCUT2D eigenvalue weighted by Gasteiger charge is -1.87. The second-order valence-corrected chi connectivity index (χ2v) is 2.45. The van der Waals surface area contributed by atoms with E-state index < -0.39 is 5.97 Å². The Morgan fingerprint density at radius 2 is 1.93 bits per heavy atom. The third-order valence-electron chi connectivity index (χ3n) is 1.35. The van der Waals surface area contributed by atoms with Gasteiger partial charge in [-0.15, -0.1) is 0 Å². The number of hydrogen-bond acceptors (Lipinski definition) is 4. The Kier molecular flexibility index (Phi) is 6.18. The van der Waals surface area contributed by atoms with E-state index in [1.165, 1.54) is 0 Å². The number of rotatable bonds is 2. The van der Waals surface area contributed by atoms with Crippen molar-refractivity contribution in [2.75, 3.05) is 6.54 Å². The first-order chi connectivity index (χ1) is 7.13. The quantitative estimate of drug-likeness (QED) is 0.681. The Hall–Kier alpha value is -2.19. The molecule has 0 aliphatic heterocycles. The second-order valence-electron chi connectivity index (χ2n) is 2.45. The van der Waals surface area contributed by atoms with E-state index in [0.29, 0.717) is 11.1 Å². The van der Waals surface area contributed by atoms with Gasteiger partial charge in [-0.25, -0.2) is 0 Å². The Balaban J connectivity index is 0.000000336. The summed E-state index contributed by atoms with van der Waals surface area (Å²) in [5.41, 5.74) is 5.74. The lowest BCUT2D eigenvalue weighted by Crippen LogP contribution is -2.10. The molecular weight excluding hydrogens is 196 g/mol. The number of nitrogens with zero attached hydrogens (tertiary/aromatic N) is 1. The van der Waals surface area contributed by atoms with Crippen molar-refractivity contribution in [1.29, 1.82) is 5.26 Å². The van der Waals surface area contributed by atoms with Crippen molar-refractivity contribution in [1.82, 2.24) is 0 Å². The minimum atomic E-state index is -0.968. The monoisotopic (exact) mass is 206 g/mol. The largest absolute Gasteiger partial charge is 0.480 e. The van der Waals surface area contributed by atoms with Gasteiger partial charge in [0.2, 0.25) is 0 Å². The van der Waals surface area contributed by atoms with Gasteiger partial charge in [0.05, 0.1) is 18.2 Å². The van der Waals surface area contributed by atoms with Crippen molar-refractivity contribution in [3.05, 3.63) is 35.4 Å². The number of aldehydes is 1. The number of carboxylic acid groups (broad SMARTS) is 1. The van der Waals surface area contributed by atoms with Gasteiger partial charge in [-0.05, 0) is 12.1 Å². The van der Waals surface area contributed by atoms with Crippen molar-refractivity contribution in [2.24, 2.45) is 5.73 Å². The zero-order valence-electron chi connectivity index (χ0n) is 7.88. The molecule has 0 amide bonds. The molecule has 1 aromatic rings. The molecule has 0 bridgehead atoms. The van der Waals surface area contributed by atoms with Crippen LogP contribution < -0.4 is 5.73 Å². The molecule has 0 radical (unpaired) electrons. The molecule has 0 spiro atoms. The molecule has 0 heterocycles. The van der Waals surface area contributed by atoms with Gasteiger partial charge in [0.1, 0.15) is 6.29 Å². The number of carbonyl (C=O) groups excluding carboxylic acids is 1. The van der Waals surface area contributed by atoms with E-state index in [0.717, 1.165) is 6.29 Å². The Morgan fingerprint density at radius 1 is 1.47 bits per heavy atom. The van der Waals surface area contributed by atoms with E-state index in [-0.39, 0.29) is 6.54 Å². The average Bonchev–Trinajstić information content (AvgIpc) is 2.30. The van der Waals surface area contributed by atoms with E-state index in [2.05, 4.69) is 5.73 Å². The third kappa shape index (κ3) is 5.96. The van der Waals surface area contributed by atoms with E-state index in [9.17, 15) is 9.59 Å². The van der Waals surface area contributed by atoms with Gasteiger partial charge in [0.15, 0.2) is 0 Å². The molecular formula is C10H10N2O3. The first-order valence-electron chi connectivity index (χ1n) is 4.01. The Labute approximate surface area is 86.7 Å². The van der Waals surface area contributed by atoms with E-state index >= 15 is 0 Å². The number of nitriles is 1. The summed E-state index contributed by atoms with van der Waals surface area (Å²) >= 11 is 0. The summed E-state index contributed by atoms with van der Waals surface area (Å²) in [6, 6.07) is 8.43. The van der Waals surface area contributed by atoms with Gasteiger partial charge < -0.3 is 10.8 Å². The minimum Gasteiger partial charge on any atom is -0.480 e. The standard InChI is InChI=1S/C8H5NO.C2H5NO2/c9-5-7-1-3-8(6-10)4-2-7;3-1-2(4)5/h1-4,6H;1,3H2,(H,4,5). The van der Waals surface area contributed by atoms with E-state index in [4.69, 9.17) is 10.4 Å². The highest BCUT2D eigenvalue weighted by Gasteiger charge is 1.88. The van der Waals surface area contributed by atoms with Crippen LogP contribution in [0, 0.1) is 11.3 Å². The lowest BCUT2D eigenvalue weighted by atomic mass is 10.2. The van der Waals surface area contributed by atoms with Crippen molar-refractivity contribution >= 4 is 12.3 Å². The molecule has 5 heteroatoms. The Morgan fingerprint density at radius 3 is 2.20 bits per heavy atom. The molecule has 0 saturated heterocycles. The SMILES string of the molecule is N#Cc1ccc(C=O)cc1.NCC(=O)O. The van der Waals surface area contributed by atoms with Crippen LogP contribution in [-0.2, 0) is 4.79 Å². The molecule has 1 rings (SSSR count). The van der Waals surface area contributed by atoms with Crippen LogP contribution in [0.3, 0.4) is 0 Å². The van der Waals surface area contributed by atoms with Gasteiger partial charge in [-0.2, -0.15) is 5.26 Å². The highest BCUT2D eigenvalue weighted by molar-refractivity contribution is 5.74. The summed E-state index contributed by atoms with van der Waals surface area (Å²) in [5.74, 6) is -0.968. The van der Waals surface area contributed by atoms with Crippen LogP contribution in [0.4, 0.5) is 0 Å². The fraction of sp³-hybridized carbons (Fsp3) is 0.100. The number of carboxylic acids is 1. The molecule has 0 aromatic heterocycles. The van der Waals surface area contributed by atoms with E-state index in [1.54, 1.807) is 24.3 Å². The van der Waals surface area contributed by atoms with Crippen LogP contribution in [0.5, 0.6) is 0 Å². The molecule has 15 heavy (non-hydrogen) atoms. The average molecular weight is 206 g/mol. The van der Waals surface area contributed by atoms with Crippen LogP contribution >= 0.6 is 0 Å². The molecule has 5 nitrogen and oxygen atoms in total. The summed E-state index contributed by atoms with van der Waals surface area (Å²) < 4.78 is 0. The lowest BCUT2D eigenvalue weighted by molar-refractivity contribution is -0.135. The van der Waals surface area contributed by atoms with Crippen LogP contribution in [0.25, 0.3) is 0 Å². The summed E-state index contributed by atoms with van der Waals surface area (Å²) in [5, 5.41) is 16.0. The zero-order chi connectivity index (χ0) is 11.7. The maximum absolute atomic E-state index is 10.1. The molecule has 78 valence electrons. The predicted molar refractivity (Wildman–Crippen MR) is 53.2 cm³/mol. The predicted octanol–water partition coefficient (Wildman–Crippen LogP) is 0.400. The topological polar surface area (TPSA) is 104 Å². The minimum absolute atomic E-state index is 0.278. The van der Waals surface area contributed by atoms with Crippen LogP contribution in [0.15, 0.2) is 24.3 Å². The van der Waals surface area contributed by atoms with Crippen molar-refractivity contribution in [2.45, 2.75) is 0 Å². The van der Waals surface area contributed by atoms with E-state index in [1.807, 2.05) is 6.07 Å². The van der Waals surface area contributed by atoms with Gasteiger partial charge in [-0.1, -0.05) is 12.1 Å². The number of aliphatic carboxylic acids is 1. The zero-order valence-corrected chi connectivity index (χ0v) is 7.88. The molecule has 0 fully saturated rings. The van der Waals surface area contributed by atoms with Crippen molar-refractivity contribution in [3.8, 4) is 6.07 Å². The van der Waals surface area contributed by atoms with Crippen LogP contribution in [0.1, 0.15) is 15.9 Å². The van der Waals surface area contributed by atoms with Gasteiger partial charge >= 0.3 is 5.97 Å². The highest BCUT2D eigenvalue weighted by Crippen LogP contribution is 1.99. The maximum atomic E-state index is 10.1. The van der Waals surface area contributed by atoms with Crippen molar-refractivity contribution < 1.29 is 14.7 Å². The number of hydrogen-bond donors (Lipinski definition) is 2. The molecule has 0 aliphatic carbocycles. The molecule has 0 unspecified atom stereocenters. The molecule has 0 saturated carbocycles. The number of benzene rings is 1. The van der Waals surface area contributed by atoms with Gasteiger partial charge in [0.25, 0.3) is 0 Å². The number of carbonyl (C=O) groups is 2. The van der Waals surface area contributed by atoms with Crippen molar-refractivity contribution in [3.63, 3.8) is 0 Å². The normalized spacial score (nSPS) is 8.00. The van der Waals surface area contributed by atoms with Crippen LogP contribution in [0.2, 0.25) is 0 Å². The second kappa shape index (κ2) is 7.24. The van der Waals surface area contributed by atoms with Crippen LogP contribution in [-0.4, -0.2) is 23.9 Å². The summed E-state index contributed by atoms with van der Waals surface area (Å²) in [6.45, 7) is -0.278.